The zero-order valence-corrected chi connectivity index (χ0v) is 12.4. The summed E-state index contributed by atoms with van der Waals surface area (Å²) >= 11 is 11.6. The molecule has 1 aromatic rings. The monoisotopic (exact) mass is 316 g/mol. The lowest BCUT2D eigenvalue weighted by atomic mass is 9.92. The topological polar surface area (TPSA) is 70.5 Å². The fourth-order valence-electron chi connectivity index (χ4n) is 2.66. The van der Waals surface area contributed by atoms with Gasteiger partial charge in [0, 0.05) is 12.1 Å². The maximum absolute atomic E-state index is 12.5. The number of carboxylic acids is 1. The van der Waals surface area contributed by atoms with Crippen molar-refractivity contribution in [2.24, 2.45) is 0 Å². The molecule has 0 saturated carbocycles. The lowest BCUT2D eigenvalue weighted by Crippen LogP contribution is -2.52. The number of carbonyl (C=O) groups excluding carboxylic acids is 1. The molecular weight excluding hydrogens is 303 g/mol. The van der Waals surface area contributed by atoms with Gasteiger partial charge in [-0.3, -0.25) is 4.79 Å². The summed E-state index contributed by atoms with van der Waals surface area (Å²) in [6, 6.07) is 2.80. The summed E-state index contributed by atoms with van der Waals surface area (Å²) in [6.45, 7) is 2.18. The van der Waals surface area contributed by atoms with Crippen LogP contribution in [0.4, 0.5) is 0 Å². The van der Waals surface area contributed by atoms with Crippen LogP contribution < -0.4 is 0 Å². The molecule has 2 rings (SSSR count). The average Bonchev–Trinajstić information content (AvgIpc) is 2.81. The molecule has 7 heteroatoms. The number of pyridine rings is 1. The minimum absolute atomic E-state index is 0.109. The van der Waals surface area contributed by atoms with Crippen LogP contribution in [-0.2, 0) is 4.79 Å². The predicted octanol–water partition coefficient (Wildman–Crippen LogP) is 2.86. The molecule has 5 nitrogen and oxygen atoms in total. The van der Waals surface area contributed by atoms with Crippen molar-refractivity contribution in [2.75, 3.05) is 6.54 Å². The van der Waals surface area contributed by atoms with Crippen LogP contribution >= 0.6 is 23.2 Å². The van der Waals surface area contributed by atoms with Crippen molar-refractivity contribution in [2.45, 2.75) is 31.7 Å². The Bertz CT molecular complexity index is 544. The van der Waals surface area contributed by atoms with E-state index in [-0.39, 0.29) is 21.8 Å². The molecule has 1 atom stereocenters. The van der Waals surface area contributed by atoms with Gasteiger partial charge >= 0.3 is 5.97 Å². The molecule has 2 heterocycles. The first kappa shape index (κ1) is 15.1. The molecule has 20 heavy (non-hydrogen) atoms. The summed E-state index contributed by atoms with van der Waals surface area (Å²) in [5, 5.41) is 9.70. The van der Waals surface area contributed by atoms with Gasteiger partial charge in [-0.15, -0.1) is 0 Å². The smallest absolute Gasteiger partial charge is 0.329 e. The lowest BCUT2D eigenvalue weighted by Gasteiger charge is -2.34. The maximum atomic E-state index is 12.5. The summed E-state index contributed by atoms with van der Waals surface area (Å²) < 4.78 is 0. The van der Waals surface area contributed by atoms with Crippen LogP contribution in [-0.4, -0.2) is 39.0 Å². The summed E-state index contributed by atoms with van der Waals surface area (Å²) in [5.41, 5.74) is -0.879. The Morgan fingerprint density at radius 3 is 2.50 bits per heavy atom. The molecule has 0 bridgehead atoms. The number of aromatic nitrogens is 1. The summed E-state index contributed by atoms with van der Waals surface area (Å²) in [6.07, 6.45) is 1.48. The summed E-state index contributed by atoms with van der Waals surface area (Å²) in [7, 11) is 0. The maximum Gasteiger partial charge on any atom is 0.329 e. The number of halogens is 2. The first-order valence-corrected chi connectivity index (χ1v) is 7.05. The summed E-state index contributed by atoms with van der Waals surface area (Å²) in [5.74, 6) is -1.35. The second-order valence-electron chi connectivity index (χ2n) is 4.75. The molecule has 0 radical (unpaired) electrons. The molecule has 1 fully saturated rings. The van der Waals surface area contributed by atoms with Gasteiger partial charge in [0.2, 0.25) is 0 Å². The van der Waals surface area contributed by atoms with Crippen LogP contribution in [0, 0.1) is 0 Å². The Labute approximate surface area is 126 Å². The first-order valence-electron chi connectivity index (χ1n) is 6.29. The van der Waals surface area contributed by atoms with Gasteiger partial charge < -0.3 is 10.0 Å². The van der Waals surface area contributed by atoms with Crippen molar-refractivity contribution in [3.8, 4) is 0 Å². The van der Waals surface area contributed by atoms with E-state index in [1.54, 1.807) is 6.92 Å². The van der Waals surface area contributed by atoms with E-state index in [0.29, 0.717) is 25.8 Å². The molecule has 1 aliphatic rings. The minimum Gasteiger partial charge on any atom is -0.479 e. The Balaban J connectivity index is 2.39. The Morgan fingerprint density at radius 1 is 1.40 bits per heavy atom. The fourth-order valence-corrected chi connectivity index (χ4v) is 3.12. The lowest BCUT2D eigenvalue weighted by molar-refractivity contribution is -0.148. The van der Waals surface area contributed by atoms with Gasteiger partial charge in [-0.1, -0.05) is 30.1 Å². The van der Waals surface area contributed by atoms with Crippen molar-refractivity contribution >= 4 is 35.1 Å². The number of hydrogen-bond donors (Lipinski definition) is 1. The molecular formula is C13H14Cl2N2O3. The average molecular weight is 317 g/mol. The van der Waals surface area contributed by atoms with Crippen molar-refractivity contribution < 1.29 is 14.7 Å². The van der Waals surface area contributed by atoms with Crippen LogP contribution in [0.15, 0.2) is 12.1 Å². The van der Waals surface area contributed by atoms with Crippen LogP contribution in [0.5, 0.6) is 0 Å². The number of hydrogen-bond acceptors (Lipinski definition) is 3. The zero-order valence-electron chi connectivity index (χ0n) is 10.9. The highest BCUT2D eigenvalue weighted by atomic mass is 35.5. The largest absolute Gasteiger partial charge is 0.479 e. The van der Waals surface area contributed by atoms with E-state index < -0.39 is 11.5 Å². The fraction of sp³-hybridized carbons (Fsp3) is 0.462. The zero-order chi connectivity index (χ0) is 14.9. The van der Waals surface area contributed by atoms with E-state index in [1.807, 2.05) is 0 Å². The van der Waals surface area contributed by atoms with E-state index in [9.17, 15) is 14.7 Å². The van der Waals surface area contributed by atoms with Gasteiger partial charge in [-0.05, 0) is 31.4 Å². The van der Waals surface area contributed by atoms with E-state index >= 15 is 0 Å². The van der Waals surface area contributed by atoms with Crippen LogP contribution in [0.3, 0.4) is 0 Å². The van der Waals surface area contributed by atoms with E-state index in [1.165, 1.54) is 17.0 Å². The number of carbonyl (C=O) groups is 2. The predicted molar refractivity (Wildman–Crippen MR) is 75.2 cm³/mol. The highest BCUT2D eigenvalue weighted by Crippen LogP contribution is 2.34. The quantitative estimate of drug-likeness (QED) is 0.870. The third kappa shape index (κ3) is 2.47. The molecule has 0 aromatic carbocycles. The van der Waals surface area contributed by atoms with Crippen molar-refractivity contribution in [1.82, 2.24) is 9.88 Å². The standard InChI is InChI=1S/C13H14Cl2N2O3/c1-2-13(12(19)20)4-3-5-17(13)11(18)8-6-9(14)16-10(15)7-8/h6-7H,2-5H2,1H3,(H,19,20). The molecule has 1 saturated heterocycles. The second-order valence-corrected chi connectivity index (χ2v) is 5.53. The number of rotatable bonds is 3. The molecule has 108 valence electrons. The third-order valence-electron chi connectivity index (χ3n) is 3.73. The van der Waals surface area contributed by atoms with Gasteiger partial charge in [0.15, 0.2) is 0 Å². The molecule has 1 amide bonds. The van der Waals surface area contributed by atoms with E-state index in [2.05, 4.69) is 4.98 Å². The van der Waals surface area contributed by atoms with Crippen LogP contribution in [0.2, 0.25) is 10.3 Å². The number of nitrogens with zero attached hydrogens (tertiary/aromatic N) is 2. The van der Waals surface area contributed by atoms with Crippen molar-refractivity contribution in [3.63, 3.8) is 0 Å². The Hall–Kier alpha value is -1.33. The van der Waals surface area contributed by atoms with Gasteiger partial charge in [-0.25, -0.2) is 9.78 Å². The molecule has 1 aromatic heterocycles. The Morgan fingerprint density at radius 2 is 2.00 bits per heavy atom. The third-order valence-corrected chi connectivity index (χ3v) is 4.11. The van der Waals surface area contributed by atoms with Gasteiger partial charge in [0.05, 0.1) is 0 Å². The summed E-state index contributed by atoms with van der Waals surface area (Å²) in [4.78, 5) is 29.3. The van der Waals surface area contributed by atoms with Crippen LogP contribution in [0.1, 0.15) is 36.5 Å². The number of likely N-dealkylation sites (tertiary alicyclic amines) is 1. The van der Waals surface area contributed by atoms with E-state index in [4.69, 9.17) is 23.2 Å². The normalized spacial score (nSPS) is 22.1. The molecule has 0 aliphatic carbocycles. The SMILES string of the molecule is CCC1(C(=O)O)CCCN1C(=O)c1cc(Cl)nc(Cl)c1. The van der Waals surface area contributed by atoms with Gasteiger partial charge in [0.1, 0.15) is 15.8 Å². The number of amides is 1. The highest BCUT2D eigenvalue weighted by molar-refractivity contribution is 6.33. The highest BCUT2D eigenvalue weighted by Gasteiger charge is 2.48. The molecule has 1 N–H and O–H groups in total. The first-order chi connectivity index (χ1) is 9.40. The van der Waals surface area contributed by atoms with Gasteiger partial charge in [-0.2, -0.15) is 0 Å². The minimum atomic E-state index is -1.14. The molecule has 1 unspecified atom stereocenters. The number of carboxylic acid groups (broad SMARTS) is 1. The Kier molecular flexibility index (Phi) is 4.20. The van der Waals surface area contributed by atoms with Crippen molar-refractivity contribution in [1.29, 1.82) is 0 Å². The van der Waals surface area contributed by atoms with Crippen LogP contribution in [0.25, 0.3) is 0 Å². The van der Waals surface area contributed by atoms with E-state index in [0.717, 1.165) is 0 Å². The van der Waals surface area contributed by atoms with Gasteiger partial charge in [0.25, 0.3) is 5.91 Å². The molecule has 1 aliphatic heterocycles. The number of aliphatic carboxylic acids is 1. The molecule has 0 spiro atoms. The second kappa shape index (κ2) is 5.58. The van der Waals surface area contributed by atoms with Crippen molar-refractivity contribution in [3.05, 3.63) is 28.0 Å².